The maximum atomic E-state index is 12.3. The maximum Gasteiger partial charge on any atom is 0.244 e. The van der Waals surface area contributed by atoms with Gasteiger partial charge in [-0.25, -0.2) is 0 Å². The Labute approximate surface area is 131 Å². The molecule has 2 N–H and O–H groups in total. The molecule has 2 fully saturated rings. The normalized spacial score (nSPS) is 18.9. The molecule has 1 aliphatic heterocycles. The fourth-order valence-corrected chi connectivity index (χ4v) is 2.76. The highest BCUT2D eigenvalue weighted by Crippen LogP contribution is 2.30. The van der Waals surface area contributed by atoms with E-state index < -0.39 is 0 Å². The molecule has 1 saturated carbocycles. The fraction of sp³-hybridized carbons (Fsp3) is 0.529. The van der Waals surface area contributed by atoms with Gasteiger partial charge in [-0.3, -0.25) is 9.59 Å². The lowest BCUT2D eigenvalue weighted by molar-refractivity contribution is -0.130. The van der Waals surface area contributed by atoms with Gasteiger partial charge in [-0.1, -0.05) is 0 Å². The first-order valence-corrected chi connectivity index (χ1v) is 8.10. The Hall–Kier alpha value is -2.04. The van der Waals surface area contributed by atoms with Crippen LogP contribution in [0, 0.1) is 5.92 Å². The number of rotatable bonds is 5. The quantitative estimate of drug-likeness (QED) is 0.878. The van der Waals surface area contributed by atoms with Crippen LogP contribution < -0.4 is 10.6 Å². The van der Waals surface area contributed by atoms with E-state index in [2.05, 4.69) is 10.6 Å². The second kappa shape index (κ2) is 6.38. The van der Waals surface area contributed by atoms with Crippen molar-refractivity contribution in [3.63, 3.8) is 0 Å². The van der Waals surface area contributed by atoms with Gasteiger partial charge >= 0.3 is 0 Å². The van der Waals surface area contributed by atoms with Crippen LogP contribution in [0.4, 0.5) is 11.4 Å². The lowest BCUT2D eigenvalue weighted by Gasteiger charge is -2.22. The van der Waals surface area contributed by atoms with Crippen molar-refractivity contribution in [2.24, 2.45) is 5.92 Å². The molecule has 118 valence electrons. The molecule has 22 heavy (non-hydrogen) atoms. The topological polar surface area (TPSA) is 61.4 Å². The van der Waals surface area contributed by atoms with Gasteiger partial charge in [0.05, 0.1) is 0 Å². The van der Waals surface area contributed by atoms with Gasteiger partial charge in [0, 0.05) is 30.4 Å². The second-order valence-corrected chi connectivity index (χ2v) is 6.24. The van der Waals surface area contributed by atoms with Crippen LogP contribution in [0.5, 0.6) is 0 Å². The van der Waals surface area contributed by atoms with Crippen LogP contribution in [0.15, 0.2) is 24.3 Å². The molecule has 1 aromatic carbocycles. The number of amides is 2. The summed E-state index contributed by atoms with van der Waals surface area (Å²) in [5.41, 5.74) is 1.70. The molecule has 1 aliphatic carbocycles. The van der Waals surface area contributed by atoms with Gasteiger partial charge in [0.1, 0.15) is 6.04 Å². The van der Waals surface area contributed by atoms with Crippen LogP contribution in [0.25, 0.3) is 0 Å². The molecular weight excluding hydrogens is 278 g/mol. The van der Waals surface area contributed by atoms with E-state index in [-0.39, 0.29) is 23.8 Å². The Kier molecular flexibility index (Phi) is 4.32. The summed E-state index contributed by atoms with van der Waals surface area (Å²) >= 11 is 0. The summed E-state index contributed by atoms with van der Waals surface area (Å²) in [5.74, 6) is 0.470. The van der Waals surface area contributed by atoms with Crippen LogP contribution in [-0.2, 0) is 9.59 Å². The Morgan fingerprint density at radius 3 is 2.27 bits per heavy atom. The summed E-state index contributed by atoms with van der Waals surface area (Å²) in [5, 5.41) is 6.14. The summed E-state index contributed by atoms with van der Waals surface area (Å²) in [7, 11) is 0. The first-order chi connectivity index (χ1) is 10.6. The van der Waals surface area contributed by atoms with Gasteiger partial charge in [-0.2, -0.15) is 0 Å². The number of hydrogen-bond acceptors (Lipinski definition) is 3. The minimum Gasteiger partial charge on any atom is -0.374 e. The first kappa shape index (κ1) is 14.9. The molecule has 1 heterocycles. The summed E-state index contributed by atoms with van der Waals surface area (Å²) in [4.78, 5) is 25.9. The molecule has 0 aromatic heterocycles. The molecule has 1 saturated heterocycles. The lowest BCUT2D eigenvalue weighted by atomic mass is 10.2. The molecule has 0 spiro atoms. The van der Waals surface area contributed by atoms with Crippen molar-refractivity contribution < 1.29 is 9.59 Å². The zero-order valence-electron chi connectivity index (χ0n) is 13.0. The van der Waals surface area contributed by atoms with Crippen molar-refractivity contribution in [2.75, 3.05) is 23.7 Å². The van der Waals surface area contributed by atoms with Gasteiger partial charge < -0.3 is 15.5 Å². The summed E-state index contributed by atoms with van der Waals surface area (Å²) in [6.07, 6.45) is 4.21. The molecule has 5 heteroatoms. The van der Waals surface area contributed by atoms with Crippen LogP contribution in [0.3, 0.4) is 0 Å². The van der Waals surface area contributed by atoms with E-state index in [0.29, 0.717) is 0 Å². The summed E-state index contributed by atoms with van der Waals surface area (Å²) < 4.78 is 0. The number of hydrogen-bond donors (Lipinski definition) is 2. The smallest absolute Gasteiger partial charge is 0.244 e. The SMILES string of the molecule is CC(Nc1ccc(NC(=O)C2CC2)cc1)C(=O)N1CCCC1. The van der Waals surface area contributed by atoms with E-state index in [4.69, 9.17) is 0 Å². The second-order valence-electron chi connectivity index (χ2n) is 6.24. The molecule has 3 rings (SSSR count). The number of nitrogens with one attached hydrogen (secondary N) is 2. The Balaban J connectivity index is 1.53. The highest BCUT2D eigenvalue weighted by Gasteiger charge is 2.29. The number of carbonyl (C=O) groups excluding carboxylic acids is 2. The Bertz CT molecular complexity index is 546. The van der Waals surface area contributed by atoms with Crippen molar-refractivity contribution in [2.45, 2.75) is 38.6 Å². The zero-order valence-corrected chi connectivity index (χ0v) is 13.0. The average molecular weight is 301 g/mol. The number of anilines is 2. The third-order valence-electron chi connectivity index (χ3n) is 4.27. The van der Waals surface area contributed by atoms with Crippen molar-refractivity contribution in [1.82, 2.24) is 4.90 Å². The van der Waals surface area contributed by atoms with Crippen LogP contribution in [0.2, 0.25) is 0 Å². The number of carbonyl (C=O) groups is 2. The van der Waals surface area contributed by atoms with E-state index in [0.717, 1.165) is 50.1 Å². The third kappa shape index (κ3) is 3.59. The maximum absolute atomic E-state index is 12.3. The van der Waals surface area contributed by atoms with E-state index in [1.807, 2.05) is 36.1 Å². The average Bonchev–Trinajstić information content (AvgIpc) is 3.23. The number of nitrogens with zero attached hydrogens (tertiary/aromatic N) is 1. The van der Waals surface area contributed by atoms with Gasteiger partial charge in [-0.05, 0) is 56.9 Å². The molecule has 0 bridgehead atoms. The Morgan fingerprint density at radius 2 is 1.68 bits per heavy atom. The highest BCUT2D eigenvalue weighted by atomic mass is 16.2. The van der Waals surface area contributed by atoms with Gasteiger partial charge in [0.2, 0.25) is 11.8 Å². The predicted octanol–water partition coefficient (Wildman–Crippen LogP) is 2.46. The van der Waals surface area contributed by atoms with Crippen LogP contribution >= 0.6 is 0 Å². The van der Waals surface area contributed by atoms with E-state index in [9.17, 15) is 9.59 Å². The monoisotopic (exact) mass is 301 g/mol. The molecule has 1 aromatic rings. The first-order valence-electron chi connectivity index (χ1n) is 8.10. The minimum absolute atomic E-state index is 0.110. The molecule has 2 amide bonds. The zero-order chi connectivity index (χ0) is 15.5. The third-order valence-corrected chi connectivity index (χ3v) is 4.27. The molecule has 1 atom stereocenters. The van der Waals surface area contributed by atoms with Crippen molar-refractivity contribution in [3.05, 3.63) is 24.3 Å². The molecular formula is C17H23N3O2. The number of likely N-dealkylation sites (tertiary alicyclic amines) is 1. The Morgan fingerprint density at radius 1 is 1.09 bits per heavy atom. The van der Waals surface area contributed by atoms with Gasteiger partial charge in [0.25, 0.3) is 0 Å². The molecule has 2 aliphatic rings. The van der Waals surface area contributed by atoms with Crippen molar-refractivity contribution in [1.29, 1.82) is 0 Å². The van der Waals surface area contributed by atoms with Crippen LogP contribution in [0.1, 0.15) is 32.6 Å². The summed E-state index contributed by atoms with van der Waals surface area (Å²) in [6.45, 7) is 3.64. The molecule has 5 nitrogen and oxygen atoms in total. The van der Waals surface area contributed by atoms with Crippen molar-refractivity contribution in [3.8, 4) is 0 Å². The standard InChI is InChI=1S/C17H23N3O2/c1-12(17(22)20-10-2-3-11-20)18-14-6-8-15(9-7-14)19-16(21)13-4-5-13/h6-9,12-13,18H,2-5,10-11H2,1H3,(H,19,21). The molecule has 0 radical (unpaired) electrons. The predicted molar refractivity (Wildman–Crippen MR) is 86.7 cm³/mol. The summed E-state index contributed by atoms with van der Waals surface area (Å²) in [6, 6.07) is 7.31. The van der Waals surface area contributed by atoms with E-state index >= 15 is 0 Å². The lowest BCUT2D eigenvalue weighted by Crippen LogP contribution is -2.39. The van der Waals surface area contributed by atoms with Crippen LogP contribution in [-0.4, -0.2) is 35.8 Å². The molecule has 1 unspecified atom stereocenters. The highest BCUT2D eigenvalue weighted by molar-refractivity contribution is 5.94. The minimum atomic E-state index is -0.231. The van der Waals surface area contributed by atoms with E-state index in [1.54, 1.807) is 0 Å². The van der Waals surface area contributed by atoms with Gasteiger partial charge in [-0.15, -0.1) is 0 Å². The van der Waals surface area contributed by atoms with E-state index in [1.165, 1.54) is 0 Å². The van der Waals surface area contributed by atoms with Crippen molar-refractivity contribution >= 4 is 23.2 Å². The van der Waals surface area contributed by atoms with Gasteiger partial charge in [0.15, 0.2) is 0 Å². The largest absolute Gasteiger partial charge is 0.374 e. The fourth-order valence-electron chi connectivity index (χ4n) is 2.76. The number of benzene rings is 1.